The predicted octanol–water partition coefficient (Wildman–Crippen LogP) is 2.65. The Labute approximate surface area is 194 Å². The molecule has 0 unspecified atom stereocenters. The van der Waals surface area contributed by atoms with E-state index in [0.29, 0.717) is 49.9 Å². The number of piperazine rings is 1. The summed E-state index contributed by atoms with van der Waals surface area (Å²) in [5.41, 5.74) is 1.63. The van der Waals surface area contributed by atoms with Crippen LogP contribution in [0.1, 0.15) is 5.56 Å². The molecule has 0 bridgehead atoms. The van der Waals surface area contributed by atoms with Crippen LogP contribution in [0.4, 0.5) is 0 Å². The Morgan fingerprint density at radius 3 is 2.53 bits per heavy atom. The van der Waals surface area contributed by atoms with Gasteiger partial charge in [-0.2, -0.15) is 0 Å². The zero-order chi connectivity index (χ0) is 22.5. The number of nitrogens with zero attached hydrogens (tertiary/aromatic N) is 3. The van der Waals surface area contributed by atoms with Gasteiger partial charge in [-0.05, 0) is 23.8 Å². The summed E-state index contributed by atoms with van der Waals surface area (Å²) in [5, 5.41) is 0.537. The Bertz CT molecular complexity index is 1150. The zero-order valence-electron chi connectivity index (χ0n) is 17.5. The summed E-state index contributed by atoms with van der Waals surface area (Å²) in [6.45, 7) is 3.53. The predicted molar refractivity (Wildman–Crippen MR) is 125 cm³/mol. The van der Waals surface area contributed by atoms with Gasteiger partial charge in [-0.1, -0.05) is 53.3 Å². The van der Waals surface area contributed by atoms with Crippen LogP contribution in [0.5, 0.6) is 0 Å². The third kappa shape index (κ3) is 5.56. The van der Waals surface area contributed by atoms with Gasteiger partial charge >= 0.3 is 10.8 Å². The van der Waals surface area contributed by atoms with Crippen molar-refractivity contribution in [2.45, 2.75) is 13.0 Å². The molecule has 3 aromatic rings. The lowest BCUT2D eigenvalue weighted by Gasteiger charge is -2.34. The lowest BCUT2D eigenvalue weighted by molar-refractivity contribution is -0.143. The summed E-state index contributed by atoms with van der Waals surface area (Å²) in [4.78, 5) is 40.9. The summed E-state index contributed by atoms with van der Waals surface area (Å²) in [6, 6.07) is 14.8. The number of esters is 1. The monoisotopic (exact) mass is 473 g/mol. The Balaban J connectivity index is 1.22. The number of fused-ring (bicyclic) bond motifs is 1. The fourth-order valence-corrected chi connectivity index (χ4v) is 4.78. The van der Waals surface area contributed by atoms with Crippen LogP contribution in [-0.2, 0) is 27.3 Å². The molecule has 0 aliphatic carbocycles. The molecule has 1 aliphatic heterocycles. The summed E-state index contributed by atoms with van der Waals surface area (Å²) >= 11 is 7.18. The summed E-state index contributed by atoms with van der Waals surface area (Å²) in [6.07, 6.45) is 0.269. The van der Waals surface area contributed by atoms with Crippen LogP contribution in [0.15, 0.2) is 53.3 Å². The molecule has 7 nitrogen and oxygen atoms in total. The number of halogens is 1. The van der Waals surface area contributed by atoms with Crippen LogP contribution in [0.2, 0.25) is 5.02 Å². The van der Waals surface area contributed by atoms with Crippen molar-refractivity contribution in [2.24, 2.45) is 0 Å². The van der Waals surface area contributed by atoms with Crippen molar-refractivity contribution >= 4 is 45.0 Å². The first-order valence-electron chi connectivity index (χ1n) is 10.5. The van der Waals surface area contributed by atoms with Crippen LogP contribution in [0, 0.1) is 0 Å². The number of benzene rings is 2. The SMILES string of the molecule is O=C(Cc1ccccc1)OCCN1CCN(C(=O)Cn2c(=O)sc3ccc(Cl)cc32)CC1. The number of ether oxygens (including phenoxy) is 1. The molecule has 0 spiro atoms. The molecular weight excluding hydrogens is 450 g/mol. The standard InChI is InChI=1S/C23H24ClN3O4S/c24-18-6-7-20-19(15-18)27(23(30)32-20)16-21(28)26-10-8-25(9-11-26)12-13-31-22(29)14-17-4-2-1-3-5-17/h1-7,15H,8-14,16H2. The van der Waals surface area contributed by atoms with Crippen molar-refractivity contribution in [2.75, 3.05) is 39.3 Å². The number of amides is 1. The topological polar surface area (TPSA) is 71.8 Å². The maximum atomic E-state index is 12.8. The van der Waals surface area contributed by atoms with Crippen LogP contribution >= 0.6 is 22.9 Å². The first-order valence-corrected chi connectivity index (χ1v) is 11.7. The number of aromatic nitrogens is 1. The Morgan fingerprint density at radius 1 is 1.03 bits per heavy atom. The van der Waals surface area contributed by atoms with Gasteiger partial charge in [0.15, 0.2) is 0 Å². The number of carbonyl (C=O) groups is 2. The molecule has 168 valence electrons. The van der Waals surface area contributed by atoms with E-state index in [2.05, 4.69) is 4.90 Å². The van der Waals surface area contributed by atoms with Crippen molar-refractivity contribution in [3.8, 4) is 0 Å². The fourth-order valence-electron chi connectivity index (χ4n) is 3.74. The van der Waals surface area contributed by atoms with Crippen molar-refractivity contribution in [3.63, 3.8) is 0 Å². The Morgan fingerprint density at radius 2 is 1.78 bits per heavy atom. The van der Waals surface area contributed by atoms with E-state index in [1.807, 2.05) is 30.3 Å². The largest absolute Gasteiger partial charge is 0.464 e. The lowest BCUT2D eigenvalue weighted by atomic mass is 10.2. The van der Waals surface area contributed by atoms with E-state index in [9.17, 15) is 14.4 Å². The number of thiazole rings is 1. The number of hydrogen-bond donors (Lipinski definition) is 0. The molecule has 0 radical (unpaired) electrons. The second-order valence-corrected chi connectivity index (χ2v) is 9.10. The molecule has 1 aromatic heterocycles. The van der Waals surface area contributed by atoms with Gasteiger partial charge in [0, 0.05) is 37.7 Å². The first-order chi connectivity index (χ1) is 15.5. The van der Waals surface area contributed by atoms with Crippen molar-refractivity contribution in [1.82, 2.24) is 14.4 Å². The lowest BCUT2D eigenvalue weighted by Crippen LogP contribution is -2.50. The van der Waals surface area contributed by atoms with Crippen LogP contribution in [-0.4, -0.2) is 65.6 Å². The van der Waals surface area contributed by atoms with Gasteiger partial charge in [0.2, 0.25) is 5.91 Å². The van der Waals surface area contributed by atoms with Gasteiger partial charge in [-0.3, -0.25) is 23.9 Å². The Kier molecular flexibility index (Phi) is 7.24. The minimum atomic E-state index is -0.237. The third-order valence-electron chi connectivity index (χ3n) is 5.51. The summed E-state index contributed by atoms with van der Waals surface area (Å²) in [7, 11) is 0. The number of hydrogen-bond acceptors (Lipinski definition) is 6. The maximum Gasteiger partial charge on any atom is 0.310 e. The maximum absolute atomic E-state index is 12.8. The fraction of sp³-hybridized carbons (Fsp3) is 0.348. The zero-order valence-corrected chi connectivity index (χ0v) is 19.1. The van der Waals surface area contributed by atoms with Gasteiger partial charge in [0.05, 0.1) is 16.6 Å². The third-order valence-corrected chi connectivity index (χ3v) is 6.70. The summed E-state index contributed by atoms with van der Waals surface area (Å²) < 4.78 is 7.66. The molecule has 4 rings (SSSR count). The number of carbonyl (C=O) groups excluding carboxylic acids is 2. The minimum Gasteiger partial charge on any atom is -0.464 e. The molecule has 32 heavy (non-hydrogen) atoms. The highest BCUT2D eigenvalue weighted by Crippen LogP contribution is 2.21. The van der Waals surface area contributed by atoms with E-state index in [1.165, 1.54) is 4.57 Å². The van der Waals surface area contributed by atoms with Gasteiger partial charge in [0.25, 0.3) is 0 Å². The van der Waals surface area contributed by atoms with Gasteiger partial charge in [-0.25, -0.2) is 0 Å². The van der Waals surface area contributed by atoms with Crippen LogP contribution in [0.3, 0.4) is 0 Å². The van der Waals surface area contributed by atoms with Crippen molar-refractivity contribution in [1.29, 1.82) is 0 Å². The summed E-state index contributed by atoms with van der Waals surface area (Å²) in [5.74, 6) is -0.320. The smallest absolute Gasteiger partial charge is 0.310 e. The highest BCUT2D eigenvalue weighted by Gasteiger charge is 2.22. The van der Waals surface area contributed by atoms with Crippen LogP contribution < -0.4 is 4.87 Å². The van der Waals surface area contributed by atoms with Crippen molar-refractivity contribution in [3.05, 3.63) is 68.8 Å². The molecule has 1 aliphatic rings. The van der Waals surface area contributed by atoms with Gasteiger partial charge in [0.1, 0.15) is 13.2 Å². The second kappa shape index (κ2) is 10.3. The highest BCUT2D eigenvalue weighted by atomic mass is 35.5. The van der Waals surface area contributed by atoms with Gasteiger partial charge < -0.3 is 9.64 Å². The molecule has 1 amide bonds. The molecular formula is C23H24ClN3O4S. The van der Waals surface area contributed by atoms with E-state index in [0.717, 1.165) is 21.6 Å². The van der Waals surface area contributed by atoms with E-state index in [-0.39, 0.29) is 29.7 Å². The molecule has 0 atom stereocenters. The highest BCUT2D eigenvalue weighted by molar-refractivity contribution is 7.16. The molecule has 1 fully saturated rings. The Hall–Kier alpha value is -2.68. The van der Waals surface area contributed by atoms with Crippen molar-refractivity contribution < 1.29 is 14.3 Å². The molecule has 1 saturated heterocycles. The first kappa shape index (κ1) is 22.5. The average Bonchev–Trinajstić information content (AvgIpc) is 3.09. The van der Waals surface area contributed by atoms with E-state index in [4.69, 9.17) is 16.3 Å². The second-order valence-electron chi connectivity index (χ2n) is 7.67. The molecule has 0 N–H and O–H groups in total. The van der Waals surface area contributed by atoms with E-state index in [1.54, 1.807) is 23.1 Å². The van der Waals surface area contributed by atoms with Gasteiger partial charge in [-0.15, -0.1) is 0 Å². The average molecular weight is 474 g/mol. The minimum absolute atomic E-state index is 0.0102. The normalized spacial score (nSPS) is 14.6. The number of rotatable bonds is 7. The molecule has 9 heteroatoms. The van der Waals surface area contributed by atoms with E-state index >= 15 is 0 Å². The van der Waals surface area contributed by atoms with Crippen LogP contribution in [0.25, 0.3) is 10.2 Å². The quantitative estimate of drug-likeness (QED) is 0.493. The molecule has 2 aromatic carbocycles. The van der Waals surface area contributed by atoms with E-state index < -0.39 is 0 Å². The molecule has 0 saturated carbocycles. The molecule has 2 heterocycles.